The van der Waals surface area contributed by atoms with Gasteiger partial charge in [0, 0.05) is 11.8 Å². The Labute approximate surface area is 257 Å². The van der Waals surface area contributed by atoms with Crippen LogP contribution in [0.2, 0.25) is 0 Å². The molecular weight excluding hydrogens is 584 g/mol. The van der Waals surface area contributed by atoms with Crippen LogP contribution >= 0.6 is 0 Å². The maximum atomic E-state index is 13.7. The normalized spacial score (nSPS) is 20.9. The van der Waals surface area contributed by atoms with Crippen LogP contribution in [-0.4, -0.2) is 68.7 Å². The second-order valence-corrected chi connectivity index (χ2v) is 10.8. The number of fused-ring (bicyclic) bond motifs is 3. The van der Waals surface area contributed by atoms with Gasteiger partial charge in [-0.3, -0.25) is 9.59 Å². The summed E-state index contributed by atoms with van der Waals surface area (Å²) >= 11 is 0. The molecule has 3 aromatic carbocycles. The number of hydrogen-bond acceptors (Lipinski definition) is 11. The Morgan fingerprint density at radius 3 is 2.22 bits per heavy atom. The fourth-order valence-electron chi connectivity index (χ4n) is 6.47. The summed E-state index contributed by atoms with van der Waals surface area (Å²) < 4.78 is 40.7. The number of nitrogens with one attached hydrogen (secondary N) is 1. The first-order valence-corrected chi connectivity index (χ1v) is 14.2. The van der Waals surface area contributed by atoms with Crippen molar-refractivity contribution in [2.75, 3.05) is 41.8 Å². The van der Waals surface area contributed by atoms with Crippen LogP contribution in [0.5, 0.6) is 34.5 Å². The van der Waals surface area contributed by atoms with Gasteiger partial charge in [-0.25, -0.2) is 4.68 Å². The van der Waals surface area contributed by atoms with Crippen molar-refractivity contribution in [2.45, 2.75) is 12.0 Å². The second-order valence-electron chi connectivity index (χ2n) is 10.8. The molecule has 0 bridgehead atoms. The second kappa shape index (κ2) is 11.2. The van der Waals surface area contributed by atoms with Crippen molar-refractivity contribution in [2.24, 2.45) is 11.8 Å². The summed E-state index contributed by atoms with van der Waals surface area (Å²) in [7, 11) is 6.20. The highest BCUT2D eigenvalue weighted by atomic mass is 16.7. The summed E-state index contributed by atoms with van der Waals surface area (Å²) in [5.74, 6) is 0.780. The molecular formula is C32H30N4O9. The van der Waals surface area contributed by atoms with Crippen LogP contribution in [0, 0.1) is 11.8 Å². The highest BCUT2D eigenvalue weighted by Crippen LogP contribution is 2.55. The van der Waals surface area contributed by atoms with E-state index >= 15 is 0 Å². The minimum absolute atomic E-state index is 0.0630. The number of carbonyl (C=O) groups excluding carboxylic acids is 2. The monoisotopic (exact) mass is 614 g/mol. The molecule has 7 rings (SSSR count). The Morgan fingerprint density at radius 1 is 0.889 bits per heavy atom. The number of hydrogen-bond donors (Lipinski definition) is 1. The van der Waals surface area contributed by atoms with Crippen molar-refractivity contribution in [3.63, 3.8) is 0 Å². The highest BCUT2D eigenvalue weighted by Gasteiger charge is 2.53. The van der Waals surface area contributed by atoms with Gasteiger partial charge in [0.1, 0.15) is 5.75 Å². The van der Waals surface area contributed by atoms with E-state index < -0.39 is 29.7 Å². The summed E-state index contributed by atoms with van der Waals surface area (Å²) in [5, 5.41) is 11.4. The van der Waals surface area contributed by atoms with Crippen molar-refractivity contribution in [1.29, 1.82) is 0 Å². The SMILES string of the molecule is COc1ccc(-n2cc(C(=O)N[C@@H]3c4cc5c(cc4[C@@H](c4cc(OC)c(OC)c(OC)c4)[C@H]4C(=O)OC[C@@H]43)OCO5)nn2)cc1. The number of benzene rings is 3. The molecule has 232 valence electrons. The molecule has 1 amide bonds. The van der Waals surface area contributed by atoms with Crippen LogP contribution < -0.4 is 33.7 Å². The molecule has 3 aliphatic rings. The minimum Gasteiger partial charge on any atom is -0.497 e. The van der Waals surface area contributed by atoms with Crippen LogP contribution in [-0.2, 0) is 9.53 Å². The fraction of sp³-hybridized carbons (Fsp3) is 0.312. The molecule has 2 aliphatic heterocycles. The molecule has 1 N–H and O–H groups in total. The van der Waals surface area contributed by atoms with E-state index in [2.05, 4.69) is 15.6 Å². The summed E-state index contributed by atoms with van der Waals surface area (Å²) in [6.07, 6.45) is 1.55. The van der Waals surface area contributed by atoms with Gasteiger partial charge in [0.15, 0.2) is 28.7 Å². The summed E-state index contributed by atoms with van der Waals surface area (Å²) in [6, 6.07) is 14.0. The molecule has 0 radical (unpaired) electrons. The van der Waals surface area contributed by atoms with Gasteiger partial charge in [0.2, 0.25) is 12.5 Å². The zero-order chi connectivity index (χ0) is 31.2. The molecule has 1 fully saturated rings. The van der Waals surface area contributed by atoms with Crippen molar-refractivity contribution in [1.82, 2.24) is 20.3 Å². The quantitative estimate of drug-likeness (QED) is 0.292. The van der Waals surface area contributed by atoms with Gasteiger partial charge >= 0.3 is 5.97 Å². The molecule has 0 saturated carbocycles. The predicted octanol–water partition coefficient (Wildman–Crippen LogP) is 3.44. The van der Waals surface area contributed by atoms with Crippen LogP contribution in [0.4, 0.5) is 0 Å². The number of aromatic nitrogens is 3. The molecule has 1 aliphatic carbocycles. The molecule has 1 saturated heterocycles. The Hall–Kier alpha value is -5.46. The molecule has 0 spiro atoms. The Bertz CT molecular complexity index is 1760. The Balaban J connectivity index is 1.29. The maximum Gasteiger partial charge on any atom is 0.310 e. The number of cyclic esters (lactones) is 1. The van der Waals surface area contributed by atoms with Crippen LogP contribution in [0.25, 0.3) is 5.69 Å². The van der Waals surface area contributed by atoms with Crippen molar-refractivity contribution < 1.29 is 42.7 Å². The molecule has 0 unspecified atom stereocenters. The van der Waals surface area contributed by atoms with Crippen LogP contribution in [0.15, 0.2) is 54.7 Å². The Morgan fingerprint density at radius 2 is 1.58 bits per heavy atom. The Kier molecular flexibility index (Phi) is 7.07. The van der Waals surface area contributed by atoms with Gasteiger partial charge in [0.05, 0.1) is 58.9 Å². The summed E-state index contributed by atoms with van der Waals surface area (Å²) in [6.45, 7) is 0.176. The van der Waals surface area contributed by atoms with E-state index in [4.69, 9.17) is 33.2 Å². The zero-order valence-electron chi connectivity index (χ0n) is 24.9. The number of carbonyl (C=O) groups is 2. The lowest BCUT2D eigenvalue weighted by atomic mass is 9.65. The lowest BCUT2D eigenvalue weighted by Gasteiger charge is -2.39. The van der Waals surface area contributed by atoms with E-state index in [1.165, 1.54) is 26.0 Å². The average Bonchev–Trinajstić information content (AvgIpc) is 3.84. The van der Waals surface area contributed by atoms with E-state index in [-0.39, 0.29) is 25.1 Å². The molecule has 4 atom stereocenters. The smallest absolute Gasteiger partial charge is 0.310 e. The van der Waals surface area contributed by atoms with Gasteiger partial charge in [-0.2, -0.15) is 0 Å². The third kappa shape index (κ3) is 4.71. The molecule has 13 nitrogen and oxygen atoms in total. The third-order valence-corrected chi connectivity index (χ3v) is 8.58. The van der Waals surface area contributed by atoms with E-state index in [1.54, 1.807) is 25.4 Å². The summed E-state index contributed by atoms with van der Waals surface area (Å²) in [4.78, 5) is 27.1. The molecule has 13 heteroatoms. The maximum absolute atomic E-state index is 13.7. The molecule has 3 heterocycles. The van der Waals surface area contributed by atoms with Crippen molar-refractivity contribution in [3.8, 4) is 40.2 Å². The molecule has 4 aromatic rings. The first-order chi connectivity index (χ1) is 21.9. The van der Waals surface area contributed by atoms with Gasteiger partial charge < -0.3 is 38.5 Å². The molecule has 45 heavy (non-hydrogen) atoms. The van der Waals surface area contributed by atoms with Crippen LogP contribution in [0.3, 0.4) is 0 Å². The van der Waals surface area contributed by atoms with E-state index in [1.807, 2.05) is 36.4 Å². The number of esters is 1. The van der Waals surface area contributed by atoms with Gasteiger partial charge in [-0.05, 0) is 65.2 Å². The fourth-order valence-corrected chi connectivity index (χ4v) is 6.47. The summed E-state index contributed by atoms with van der Waals surface area (Å²) in [5.41, 5.74) is 3.13. The number of methoxy groups -OCH3 is 4. The third-order valence-electron chi connectivity index (χ3n) is 8.58. The van der Waals surface area contributed by atoms with Gasteiger partial charge in [0.25, 0.3) is 5.91 Å². The number of amides is 1. The first-order valence-electron chi connectivity index (χ1n) is 14.2. The van der Waals surface area contributed by atoms with Crippen LogP contribution in [0.1, 0.15) is 39.1 Å². The lowest BCUT2D eigenvalue weighted by Crippen LogP contribution is -2.43. The standard InChI is InChI=1S/C32H30N4O9/c1-39-18-7-5-17(6-8-18)36-13-22(34-35-36)31(37)33-29-20-12-24-23(44-15-45-24)11-19(20)27(28-21(29)14-43-32(28)38)16-9-25(40-2)30(42-4)26(10-16)41-3/h5-13,21,27-29H,14-15H2,1-4H3,(H,33,37)/t21-,27+,28-,29+/m0/s1. The topological polar surface area (TPSA) is 141 Å². The first kappa shape index (κ1) is 28.3. The number of ether oxygens (including phenoxy) is 7. The number of rotatable bonds is 8. The van der Waals surface area contributed by atoms with Crippen molar-refractivity contribution in [3.05, 3.63) is 77.1 Å². The van der Waals surface area contributed by atoms with E-state index in [0.717, 1.165) is 16.7 Å². The zero-order valence-corrected chi connectivity index (χ0v) is 24.9. The van der Waals surface area contributed by atoms with E-state index in [9.17, 15) is 9.59 Å². The van der Waals surface area contributed by atoms with Crippen molar-refractivity contribution >= 4 is 11.9 Å². The molecule has 1 aromatic heterocycles. The van der Waals surface area contributed by atoms with Gasteiger partial charge in [-0.15, -0.1) is 5.10 Å². The average molecular weight is 615 g/mol. The van der Waals surface area contributed by atoms with Gasteiger partial charge in [-0.1, -0.05) is 5.21 Å². The highest BCUT2D eigenvalue weighted by molar-refractivity contribution is 5.92. The van der Waals surface area contributed by atoms with E-state index in [0.29, 0.717) is 40.2 Å². The number of nitrogens with zero attached hydrogens (tertiary/aromatic N) is 3. The minimum atomic E-state index is -0.638. The lowest BCUT2D eigenvalue weighted by molar-refractivity contribution is -0.141. The predicted molar refractivity (Wildman–Crippen MR) is 157 cm³/mol. The largest absolute Gasteiger partial charge is 0.497 e.